The Morgan fingerprint density at radius 3 is 2.57 bits per heavy atom. The van der Waals surface area contributed by atoms with E-state index in [4.69, 9.17) is 9.47 Å². The average Bonchev–Trinajstić information content (AvgIpc) is 2.55. The zero-order chi connectivity index (χ0) is 14.9. The van der Waals surface area contributed by atoms with Gasteiger partial charge in [0.2, 0.25) is 0 Å². The van der Waals surface area contributed by atoms with Crippen LogP contribution in [0.2, 0.25) is 0 Å². The van der Waals surface area contributed by atoms with E-state index < -0.39 is 0 Å². The van der Waals surface area contributed by atoms with E-state index in [0.29, 0.717) is 23.7 Å². The molecular formula is C18H20O3. The monoisotopic (exact) mass is 284 g/mol. The normalized spacial score (nSPS) is 10.1. The number of rotatable bonds is 8. The van der Waals surface area contributed by atoms with Gasteiger partial charge in [0.15, 0.2) is 6.29 Å². The van der Waals surface area contributed by atoms with Crippen LogP contribution in [0.4, 0.5) is 0 Å². The molecule has 0 spiro atoms. The van der Waals surface area contributed by atoms with Crippen LogP contribution in [-0.4, -0.2) is 20.0 Å². The Bertz CT molecular complexity index is 564. The molecule has 0 saturated heterocycles. The number of hydrogen-bond donors (Lipinski definition) is 0. The van der Waals surface area contributed by atoms with E-state index in [2.05, 4.69) is 24.3 Å². The highest BCUT2D eigenvalue weighted by atomic mass is 16.5. The zero-order valence-corrected chi connectivity index (χ0v) is 12.2. The average molecular weight is 284 g/mol. The summed E-state index contributed by atoms with van der Waals surface area (Å²) in [5.74, 6) is 1.28. The molecular weight excluding hydrogens is 264 g/mol. The topological polar surface area (TPSA) is 35.5 Å². The third-order valence-corrected chi connectivity index (χ3v) is 3.31. The fourth-order valence-electron chi connectivity index (χ4n) is 2.12. The van der Waals surface area contributed by atoms with Gasteiger partial charge in [0.05, 0.1) is 19.3 Å². The van der Waals surface area contributed by atoms with Crippen molar-refractivity contribution in [2.24, 2.45) is 0 Å². The molecule has 0 saturated carbocycles. The van der Waals surface area contributed by atoms with Gasteiger partial charge < -0.3 is 9.47 Å². The maximum Gasteiger partial charge on any atom is 0.153 e. The quantitative estimate of drug-likeness (QED) is 0.544. The van der Waals surface area contributed by atoms with E-state index in [0.717, 1.165) is 25.5 Å². The summed E-state index contributed by atoms with van der Waals surface area (Å²) >= 11 is 0. The van der Waals surface area contributed by atoms with Crippen molar-refractivity contribution in [1.82, 2.24) is 0 Å². The number of hydrogen-bond acceptors (Lipinski definition) is 3. The highest BCUT2D eigenvalue weighted by Gasteiger charge is 2.05. The number of carbonyl (C=O) groups excluding carboxylic acids is 1. The second kappa shape index (κ2) is 8.10. The number of unbranched alkanes of at least 4 members (excludes halogenated alkanes) is 1. The summed E-state index contributed by atoms with van der Waals surface area (Å²) in [5.41, 5.74) is 1.89. The van der Waals surface area contributed by atoms with E-state index in [1.807, 2.05) is 6.07 Å². The molecule has 0 aliphatic rings. The van der Waals surface area contributed by atoms with Gasteiger partial charge in [0.25, 0.3) is 0 Å². The Balaban J connectivity index is 1.79. The lowest BCUT2D eigenvalue weighted by Crippen LogP contribution is -2.01. The lowest BCUT2D eigenvalue weighted by molar-refractivity contribution is 0.111. The largest absolute Gasteiger partial charge is 0.497 e. The molecule has 0 N–H and O–H groups in total. The number of aryl methyl sites for hydroxylation is 1. The summed E-state index contributed by atoms with van der Waals surface area (Å²) in [4.78, 5) is 11.0. The molecule has 3 nitrogen and oxygen atoms in total. The van der Waals surface area contributed by atoms with Crippen molar-refractivity contribution >= 4 is 6.29 Å². The highest BCUT2D eigenvalue weighted by molar-refractivity contribution is 5.79. The first-order valence-corrected chi connectivity index (χ1v) is 7.13. The molecule has 2 rings (SSSR count). The van der Waals surface area contributed by atoms with Gasteiger partial charge in [-0.3, -0.25) is 4.79 Å². The molecule has 21 heavy (non-hydrogen) atoms. The third-order valence-electron chi connectivity index (χ3n) is 3.31. The molecule has 0 atom stereocenters. The van der Waals surface area contributed by atoms with Crippen LogP contribution in [-0.2, 0) is 6.42 Å². The Kier molecular flexibility index (Phi) is 5.83. The fourth-order valence-corrected chi connectivity index (χ4v) is 2.12. The lowest BCUT2D eigenvalue weighted by Gasteiger charge is -2.10. The molecule has 0 bridgehead atoms. The number of benzene rings is 2. The second-order valence-corrected chi connectivity index (χ2v) is 4.81. The van der Waals surface area contributed by atoms with E-state index in [-0.39, 0.29) is 0 Å². The SMILES string of the molecule is COc1ccc(C=O)c(OCCCCc2ccccc2)c1. The van der Waals surface area contributed by atoms with Crippen molar-refractivity contribution in [1.29, 1.82) is 0 Å². The highest BCUT2D eigenvalue weighted by Crippen LogP contribution is 2.23. The van der Waals surface area contributed by atoms with Crippen molar-refractivity contribution in [3.63, 3.8) is 0 Å². The standard InChI is InChI=1S/C18H20O3/c1-20-17-11-10-16(14-19)18(13-17)21-12-6-5-9-15-7-3-2-4-8-15/h2-4,7-8,10-11,13-14H,5-6,9,12H2,1H3. The van der Waals surface area contributed by atoms with Gasteiger partial charge in [0, 0.05) is 6.07 Å². The van der Waals surface area contributed by atoms with Crippen LogP contribution < -0.4 is 9.47 Å². The van der Waals surface area contributed by atoms with Gasteiger partial charge in [-0.25, -0.2) is 0 Å². The molecule has 0 unspecified atom stereocenters. The van der Waals surface area contributed by atoms with Crippen LogP contribution in [0.3, 0.4) is 0 Å². The smallest absolute Gasteiger partial charge is 0.153 e. The van der Waals surface area contributed by atoms with Crippen molar-refractivity contribution in [3.05, 3.63) is 59.7 Å². The van der Waals surface area contributed by atoms with Crippen LogP contribution >= 0.6 is 0 Å². The maximum atomic E-state index is 11.0. The Morgan fingerprint density at radius 1 is 1.05 bits per heavy atom. The Morgan fingerprint density at radius 2 is 1.86 bits per heavy atom. The zero-order valence-electron chi connectivity index (χ0n) is 12.2. The summed E-state index contributed by atoms with van der Waals surface area (Å²) < 4.78 is 10.8. The van der Waals surface area contributed by atoms with Crippen LogP contribution in [0, 0.1) is 0 Å². The first kappa shape index (κ1) is 15.1. The summed E-state index contributed by atoms with van der Waals surface area (Å²) in [6.45, 7) is 0.598. The second-order valence-electron chi connectivity index (χ2n) is 4.81. The minimum absolute atomic E-state index is 0.554. The molecule has 2 aromatic carbocycles. The Labute approximate surface area is 125 Å². The van der Waals surface area contributed by atoms with Crippen LogP contribution in [0.25, 0.3) is 0 Å². The molecule has 0 aliphatic heterocycles. The molecule has 2 aromatic rings. The van der Waals surface area contributed by atoms with Crippen molar-refractivity contribution in [2.45, 2.75) is 19.3 Å². The van der Waals surface area contributed by atoms with Crippen LogP contribution in [0.5, 0.6) is 11.5 Å². The van der Waals surface area contributed by atoms with Crippen molar-refractivity contribution in [3.8, 4) is 11.5 Å². The molecule has 0 amide bonds. The number of ether oxygens (including phenoxy) is 2. The van der Waals surface area contributed by atoms with E-state index in [1.54, 1.807) is 25.3 Å². The predicted molar refractivity (Wildman–Crippen MR) is 83.3 cm³/mol. The number of aldehydes is 1. The first-order valence-electron chi connectivity index (χ1n) is 7.13. The van der Waals surface area contributed by atoms with Crippen molar-refractivity contribution < 1.29 is 14.3 Å². The number of methoxy groups -OCH3 is 1. The summed E-state index contributed by atoms with van der Waals surface area (Å²) in [6, 6.07) is 15.6. The predicted octanol–water partition coefficient (Wildman–Crippen LogP) is 3.91. The molecule has 110 valence electrons. The molecule has 0 radical (unpaired) electrons. The Hall–Kier alpha value is -2.29. The van der Waals surface area contributed by atoms with Gasteiger partial charge >= 0.3 is 0 Å². The van der Waals surface area contributed by atoms with Crippen LogP contribution in [0.1, 0.15) is 28.8 Å². The van der Waals surface area contributed by atoms with Gasteiger partial charge in [-0.2, -0.15) is 0 Å². The van der Waals surface area contributed by atoms with E-state index >= 15 is 0 Å². The minimum atomic E-state index is 0.554. The summed E-state index contributed by atoms with van der Waals surface area (Å²) in [7, 11) is 1.60. The van der Waals surface area contributed by atoms with Crippen LogP contribution in [0.15, 0.2) is 48.5 Å². The molecule has 0 heterocycles. The third kappa shape index (κ3) is 4.63. The molecule has 0 aromatic heterocycles. The lowest BCUT2D eigenvalue weighted by atomic mass is 10.1. The fraction of sp³-hybridized carbons (Fsp3) is 0.278. The summed E-state index contributed by atoms with van der Waals surface area (Å²) in [6.07, 6.45) is 3.86. The molecule has 0 fully saturated rings. The maximum absolute atomic E-state index is 11.0. The van der Waals surface area contributed by atoms with Gasteiger partial charge in [-0.15, -0.1) is 0 Å². The first-order chi connectivity index (χ1) is 10.3. The molecule has 3 heteroatoms. The van der Waals surface area contributed by atoms with Crippen molar-refractivity contribution in [2.75, 3.05) is 13.7 Å². The number of carbonyl (C=O) groups is 1. The van der Waals surface area contributed by atoms with Gasteiger partial charge in [-0.1, -0.05) is 30.3 Å². The minimum Gasteiger partial charge on any atom is -0.497 e. The van der Waals surface area contributed by atoms with Gasteiger partial charge in [0.1, 0.15) is 11.5 Å². The van der Waals surface area contributed by atoms with E-state index in [1.165, 1.54) is 5.56 Å². The van der Waals surface area contributed by atoms with E-state index in [9.17, 15) is 4.79 Å². The summed E-state index contributed by atoms with van der Waals surface area (Å²) in [5, 5.41) is 0. The van der Waals surface area contributed by atoms with Gasteiger partial charge in [-0.05, 0) is 37.0 Å². The molecule has 0 aliphatic carbocycles.